The first-order valence-electron chi connectivity index (χ1n) is 8.91. The highest BCUT2D eigenvalue weighted by atomic mass is 35.5. The van der Waals surface area contributed by atoms with Crippen LogP contribution in [0.3, 0.4) is 0 Å². The van der Waals surface area contributed by atoms with E-state index in [2.05, 4.69) is 26.7 Å². The van der Waals surface area contributed by atoms with Crippen LogP contribution in [0.2, 0.25) is 5.02 Å². The van der Waals surface area contributed by atoms with Gasteiger partial charge in [0.2, 0.25) is 5.95 Å². The summed E-state index contributed by atoms with van der Waals surface area (Å²) < 4.78 is 5.25. The maximum absolute atomic E-state index is 5.91. The van der Waals surface area contributed by atoms with E-state index in [1.165, 1.54) is 11.1 Å². The Labute approximate surface area is 164 Å². The van der Waals surface area contributed by atoms with Crippen LogP contribution in [-0.4, -0.2) is 30.2 Å². The summed E-state index contributed by atoms with van der Waals surface area (Å²) in [5.41, 5.74) is 2.44. The summed E-state index contributed by atoms with van der Waals surface area (Å²) in [5, 5.41) is 7.35. The molecule has 5 nitrogen and oxygen atoms in total. The number of halogens is 1. The second kappa shape index (κ2) is 9.78. The van der Waals surface area contributed by atoms with Crippen LogP contribution in [0.25, 0.3) is 0 Å². The summed E-state index contributed by atoms with van der Waals surface area (Å²) in [7, 11) is 1.68. The SMILES string of the molecule is COc1cccc(CCNc2nccc(NCCc3ccc(Cl)cc3)n2)c1. The fourth-order valence-corrected chi connectivity index (χ4v) is 2.80. The Bertz CT molecular complexity index is 855. The molecule has 140 valence electrons. The van der Waals surface area contributed by atoms with Crippen LogP contribution in [0.5, 0.6) is 5.75 Å². The number of aromatic nitrogens is 2. The summed E-state index contributed by atoms with van der Waals surface area (Å²) in [6, 6.07) is 17.8. The molecule has 0 saturated heterocycles. The summed E-state index contributed by atoms with van der Waals surface area (Å²) in [6.45, 7) is 1.54. The molecule has 3 rings (SSSR count). The molecule has 2 N–H and O–H groups in total. The van der Waals surface area contributed by atoms with Gasteiger partial charge in [-0.1, -0.05) is 35.9 Å². The normalized spacial score (nSPS) is 10.4. The molecule has 1 aromatic heterocycles. The maximum Gasteiger partial charge on any atom is 0.224 e. The van der Waals surface area contributed by atoms with Crippen molar-refractivity contribution in [1.82, 2.24) is 9.97 Å². The second-order valence-electron chi connectivity index (χ2n) is 6.10. The summed E-state index contributed by atoms with van der Waals surface area (Å²) in [5.74, 6) is 2.30. The zero-order chi connectivity index (χ0) is 18.9. The Morgan fingerprint density at radius 3 is 2.52 bits per heavy atom. The van der Waals surface area contributed by atoms with E-state index in [0.717, 1.165) is 42.5 Å². The van der Waals surface area contributed by atoms with Crippen LogP contribution in [0.4, 0.5) is 11.8 Å². The minimum atomic E-state index is 0.620. The standard InChI is InChI=1S/C21H23ClN4O/c1-27-19-4-2-3-17(15-19)10-13-24-21-25-14-11-20(26-21)23-12-9-16-5-7-18(22)8-6-16/h2-8,11,14-15H,9-10,12-13H2,1H3,(H2,23,24,25,26). The summed E-state index contributed by atoms with van der Waals surface area (Å²) in [4.78, 5) is 8.78. The molecular formula is C21H23ClN4O. The van der Waals surface area contributed by atoms with Crippen LogP contribution >= 0.6 is 11.6 Å². The van der Waals surface area contributed by atoms with E-state index in [9.17, 15) is 0 Å². The highest BCUT2D eigenvalue weighted by Crippen LogP contribution is 2.13. The molecule has 0 atom stereocenters. The molecule has 3 aromatic rings. The third-order valence-corrected chi connectivity index (χ3v) is 4.37. The predicted molar refractivity (Wildman–Crippen MR) is 111 cm³/mol. The van der Waals surface area contributed by atoms with Gasteiger partial charge in [-0.2, -0.15) is 4.98 Å². The smallest absolute Gasteiger partial charge is 0.224 e. The average Bonchev–Trinajstić information content (AvgIpc) is 2.70. The summed E-state index contributed by atoms with van der Waals surface area (Å²) in [6.07, 6.45) is 3.53. The number of anilines is 2. The van der Waals surface area contributed by atoms with Gasteiger partial charge in [-0.05, 0) is 54.3 Å². The number of methoxy groups -OCH3 is 1. The number of nitrogens with zero attached hydrogens (tertiary/aromatic N) is 2. The molecule has 0 aliphatic heterocycles. The Hall–Kier alpha value is -2.79. The van der Waals surface area contributed by atoms with Crippen LogP contribution in [-0.2, 0) is 12.8 Å². The maximum atomic E-state index is 5.91. The fourth-order valence-electron chi connectivity index (χ4n) is 2.67. The van der Waals surface area contributed by atoms with E-state index in [4.69, 9.17) is 16.3 Å². The van der Waals surface area contributed by atoms with Gasteiger partial charge in [0.1, 0.15) is 11.6 Å². The highest BCUT2D eigenvalue weighted by molar-refractivity contribution is 6.30. The Kier molecular flexibility index (Phi) is 6.88. The predicted octanol–water partition coefficient (Wildman–Crippen LogP) is 4.45. The number of hydrogen-bond acceptors (Lipinski definition) is 5. The van der Waals surface area contributed by atoms with Crippen molar-refractivity contribution in [3.63, 3.8) is 0 Å². The van der Waals surface area contributed by atoms with Gasteiger partial charge in [0.15, 0.2) is 0 Å². The third-order valence-electron chi connectivity index (χ3n) is 4.12. The van der Waals surface area contributed by atoms with Crippen molar-refractivity contribution < 1.29 is 4.74 Å². The number of hydrogen-bond donors (Lipinski definition) is 2. The van der Waals surface area contributed by atoms with Gasteiger partial charge in [0.05, 0.1) is 7.11 Å². The van der Waals surface area contributed by atoms with E-state index in [-0.39, 0.29) is 0 Å². The van der Waals surface area contributed by atoms with Crippen molar-refractivity contribution in [2.45, 2.75) is 12.8 Å². The molecule has 0 aliphatic carbocycles. The fraction of sp³-hybridized carbons (Fsp3) is 0.238. The Balaban J connectivity index is 1.46. The van der Waals surface area contributed by atoms with Gasteiger partial charge in [0.25, 0.3) is 0 Å². The molecule has 0 amide bonds. The minimum Gasteiger partial charge on any atom is -0.497 e. The lowest BCUT2D eigenvalue weighted by Crippen LogP contribution is -2.11. The van der Waals surface area contributed by atoms with Crippen LogP contribution in [0.15, 0.2) is 60.8 Å². The molecule has 0 radical (unpaired) electrons. The molecule has 0 unspecified atom stereocenters. The Morgan fingerprint density at radius 2 is 1.70 bits per heavy atom. The quantitative estimate of drug-likeness (QED) is 0.572. The lowest BCUT2D eigenvalue weighted by molar-refractivity contribution is 0.414. The molecule has 1 heterocycles. The van der Waals surface area contributed by atoms with Crippen molar-refractivity contribution in [3.05, 3.63) is 76.9 Å². The molecule has 0 fully saturated rings. The van der Waals surface area contributed by atoms with Crippen molar-refractivity contribution in [3.8, 4) is 5.75 Å². The van der Waals surface area contributed by atoms with E-state index in [0.29, 0.717) is 5.95 Å². The number of benzene rings is 2. The van der Waals surface area contributed by atoms with Crippen molar-refractivity contribution >= 4 is 23.4 Å². The molecule has 0 aliphatic rings. The van der Waals surface area contributed by atoms with Gasteiger partial charge in [-0.3, -0.25) is 0 Å². The number of nitrogens with one attached hydrogen (secondary N) is 2. The van der Waals surface area contributed by atoms with Crippen LogP contribution in [0.1, 0.15) is 11.1 Å². The molecule has 0 saturated carbocycles. The first-order chi connectivity index (χ1) is 13.2. The monoisotopic (exact) mass is 382 g/mol. The highest BCUT2D eigenvalue weighted by Gasteiger charge is 2.01. The van der Waals surface area contributed by atoms with Gasteiger partial charge in [-0.25, -0.2) is 4.98 Å². The Morgan fingerprint density at radius 1 is 0.926 bits per heavy atom. The number of ether oxygens (including phenoxy) is 1. The third kappa shape index (κ3) is 6.15. The molecule has 6 heteroatoms. The zero-order valence-electron chi connectivity index (χ0n) is 15.3. The first-order valence-corrected chi connectivity index (χ1v) is 9.29. The minimum absolute atomic E-state index is 0.620. The van der Waals surface area contributed by atoms with Crippen LogP contribution in [0, 0.1) is 0 Å². The summed E-state index contributed by atoms with van der Waals surface area (Å²) >= 11 is 5.91. The number of rotatable bonds is 9. The lowest BCUT2D eigenvalue weighted by Gasteiger charge is -2.09. The topological polar surface area (TPSA) is 59.1 Å². The van der Waals surface area contributed by atoms with E-state index >= 15 is 0 Å². The average molecular weight is 383 g/mol. The molecular weight excluding hydrogens is 360 g/mol. The largest absolute Gasteiger partial charge is 0.497 e. The molecule has 2 aromatic carbocycles. The van der Waals surface area contributed by atoms with Crippen molar-refractivity contribution in [2.24, 2.45) is 0 Å². The zero-order valence-corrected chi connectivity index (χ0v) is 16.0. The molecule has 0 spiro atoms. The van der Waals surface area contributed by atoms with Gasteiger partial charge >= 0.3 is 0 Å². The van der Waals surface area contributed by atoms with Crippen molar-refractivity contribution in [2.75, 3.05) is 30.8 Å². The van der Waals surface area contributed by atoms with Gasteiger partial charge in [0, 0.05) is 24.3 Å². The lowest BCUT2D eigenvalue weighted by atomic mass is 10.1. The van der Waals surface area contributed by atoms with Gasteiger partial charge in [-0.15, -0.1) is 0 Å². The van der Waals surface area contributed by atoms with Gasteiger partial charge < -0.3 is 15.4 Å². The molecule has 0 bridgehead atoms. The van der Waals surface area contributed by atoms with E-state index < -0.39 is 0 Å². The van der Waals surface area contributed by atoms with E-state index in [1.54, 1.807) is 13.3 Å². The molecule has 27 heavy (non-hydrogen) atoms. The first kappa shape index (κ1) is 19.0. The van der Waals surface area contributed by atoms with Crippen LogP contribution < -0.4 is 15.4 Å². The van der Waals surface area contributed by atoms with Crippen molar-refractivity contribution in [1.29, 1.82) is 0 Å². The second-order valence-corrected chi connectivity index (χ2v) is 6.53. The van der Waals surface area contributed by atoms with E-state index in [1.807, 2.05) is 48.5 Å².